The Hall–Kier alpha value is -2.09. The molecule has 0 aliphatic rings. The Kier molecular flexibility index (Phi) is 4.17. The number of alkyl halides is 3. The molecule has 0 aliphatic carbocycles. The van der Waals surface area contributed by atoms with E-state index < -0.39 is 30.1 Å². The number of rotatable bonds is 3. The van der Waals surface area contributed by atoms with Crippen LogP contribution in [0.5, 0.6) is 0 Å². The van der Waals surface area contributed by atoms with Gasteiger partial charge in [0, 0.05) is 6.20 Å². The summed E-state index contributed by atoms with van der Waals surface area (Å²) in [5.74, 6) is -1.54. The SMILES string of the molecule is O=C(Cn1ccc(C(F)(F)F)n1)Nc1cccc(Cl)c1F. The maximum absolute atomic E-state index is 13.5. The quantitative estimate of drug-likeness (QED) is 0.881. The molecule has 1 amide bonds. The molecule has 2 rings (SSSR count). The van der Waals surface area contributed by atoms with Crippen LogP contribution in [0.3, 0.4) is 0 Å². The zero-order valence-corrected chi connectivity index (χ0v) is 11.0. The predicted octanol–water partition coefficient (Wildman–Crippen LogP) is 3.33. The van der Waals surface area contributed by atoms with E-state index in [2.05, 4.69) is 10.4 Å². The van der Waals surface area contributed by atoms with E-state index in [9.17, 15) is 22.4 Å². The second kappa shape index (κ2) is 5.72. The Morgan fingerprint density at radius 2 is 2.05 bits per heavy atom. The fourth-order valence-electron chi connectivity index (χ4n) is 1.54. The van der Waals surface area contributed by atoms with E-state index in [1.54, 1.807) is 0 Å². The molecule has 9 heteroatoms. The van der Waals surface area contributed by atoms with E-state index in [0.717, 1.165) is 16.9 Å². The van der Waals surface area contributed by atoms with Gasteiger partial charge >= 0.3 is 6.18 Å². The minimum atomic E-state index is -4.58. The monoisotopic (exact) mass is 321 g/mol. The van der Waals surface area contributed by atoms with Gasteiger partial charge in [0.1, 0.15) is 6.54 Å². The van der Waals surface area contributed by atoms with Gasteiger partial charge in [-0.05, 0) is 18.2 Å². The van der Waals surface area contributed by atoms with Crippen LogP contribution in [-0.2, 0) is 17.5 Å². The van der Waals surface area contributed by atoms with E-state index in [1.165, 1.54) is 18.2 Å². The Morgan fingerprint density at radius 3 is 2.67 bits per heavy atom. The molecule has 0 atom stereocenters. The predicted molar refractivity (Wildman–Crippen MR) is 67.3 cm³/mol. The van der Waals surface area contributed by atoms with Crippen LogP contribution in [0, 0.1) is 5.82 Å². The lowest BCUT2D eigenvalue weighted by Crippen LogP contribution is -2.20. The number of anilines is 1. The van der Waals surface area contributed by atoms with Crippen molar-refractivity contribution in [3.05, 3.63) is 47.0 Å². The summed E-state index contributed by atoms with van der Waals surface area (Å²) in [6, 6.07) is 4.75. The molecule has 2 aromatic rings. The molecule has 0 spiro atoms. The van der Waals surface area contributed by atoms with Gasteiger partial charge in [-0.25, -0.2) is 4.39 Å². The number of hydrogen-bond donors (Lipinski definition) is 1. The Bertz CT molecular complexity index is 669. The van der Waals surface area contributed by atoms with Crippen molar-refractivity contribution in [2.24, 2.45) is 0 Å². The summed E-state index contributed by atoms with van der Waals surface area (Å²) >= 11 is 5.54. The van der Waals surface area contributed by atoms with Gasteiger partial charge < -0.3 is 5.32 Å². The first kappa shape index (κ1) is 15.3. The van der Waals surface area contributed by atoms with E-state index >= 15 is 0 Å². The van der Waals surface area contributed by atoms with E-state index in [4.69, 9.17) is 11.6 Å². The molecule has 0 bridgehead atoms. The summed E-state index contributed by atoms with van der Waals surface area (Å²) in [6.45, 7) is -0.484. The first-order valence-electron chi connectivity index (χ1n) is 5.62. The highest BCUT2D eigenvalue weighted by Crippen LogP contribution is 2.27. The summed E-state index contributed by atoms with van der Waals surface area (Å²) in [4.78, 5) is 11.6. The molecule has 4 nitrogen and oxygen atoms in total. The third kappa shape index (κ3) is 3.72. The lowest BCUT2D eigenvalue weighted by Gasteiger charge is -2.07. The van der Waals surface area contributed by atoms with Crippen molar-refractivity contribution in [3.8, 4) is 0 Å². The molecule has 0 saturated heterocycles. The number of benzene rings is 1. The van der Waals surface area contributed by atoms with E-state index in [1.807, 2.05) is 0 Å². The molecule has 0 unspecified atom stereocenters. The minimum absolute atomic E-state index is 0.157. The van der Waals surface area contributed by atoms with Gasteiger partial charge in [0.05, 0.1) is 10.7 Å². The zero-order valence-electron chi connectivity index (χ0n) is 10.3. The second-order valence-corrected chi connectivity index (χ2v) is 4.45. The van der Waals surface area contributed by atoms with Crippen LogP contribution in [0.4, 0.5) is 23.2 Å². The lowest BCUT2D eigenvalue weighted by atomic mass is 10.3. The number of carbonyl (C=O) groups excluding carboxylic acids is 1. The van der Waals surface area contributed by atoms with Gasteiger partial charge in [0.15, 0.2) is 11.5 Å². The second-order valence-electron chi connectivity index (χ2n) is 4.05. The third-order valence-electron chi connectivity index (χ3n) is 2.46. The molecular formula is C12H8ClF4N3O. The lowest BCUT2D eigenvalue weighted by molar-refractivity contribution is -0.141. The van der Waals surface area contributed by atoms with Gasteiger partial charge in [-0.1, -0.05) is 17.7 Å². The van der Waals surface area contributed by atoms with Gasteiger partial charge in [0.25, 0.3) is 0 Å². The van der Waals surface area contributed by atoms with Crippen LogP contribution in [0.2, 0.25) is 5.02 Å². The average Bonchev–Trinajstić information content (AvgIpc) is 2.83. The molecule has 0 aliphatic heterocycles. The molecule has 0 saturated carbocycles. The number of hydrogen-bond acceptors (Lipinski definition) is 2. The maximum Gasteiger partial charge on any atom is 0.435 e. The number of amides is 1. The van der Waals surface area contributed by atoms with Crippen molar-refractivity contribution < 1.29 is 22.4 Å². The molecule has 1 N–H and O–H groups in total. The number of aromatic nitrogens is 2. The average molecular weight is 322 g/mol. The first-order valence-corrected chi connectivity index (χ1v) is 5.99. The zero-order chi connectivity index (χ0) is 15.6. The standard InChI is InChI=1S/C12H8ClF4N3O/c13-7-2-1-3-8(11(7)14)18-10(21)6-20-5-4-9(19-20)12(15,16)17/h1-5H,6H2,(H,18,21). The first-order chi connectivity index (χ1) is 9.77. The highest BCUT2D eigenvalue weighted by Gasteiger charge is 2.33. The van der Waals surface area contributed by atoms with Crippen LogP contribution in [0.15, 0.2) is 30.5 Å². The van der Waals surface area contributed by atoms with Crippen LogP contribution >= 0.6 is 11.6 Å². The summed E-state index contributed by atoms with van der Waals surface area (Å²) in [5.41, 5.74) is -1.26. The fraction of sp³-hybridized carbons (Fsp3) is 0.167. The van der Waals surface area contributed by atoms with Crippen LogP contribution in [-0.4, -0.2) is 15.7 Å². The van der Waals surface area contributed by atoms with Crippen molar-refractivity contribution in [2.45, 2.75) is 12.7 Å². The molecule has 0 fully saturated rings. The van der Waals surface area contributed by atoms with Gasteiger partial charge in [-0.15, -0.1) is 0 Å². The molecule has 0 radical (unpaired) electrons. The largest absolute Gasteiger partial charge is 0.435 e. The molecular weight excluding hydrogens is 314 g/mol. The van der Waals surface area contributed by atoms with Crippen LogP contribution < -0.4 is 5.32 Å². The van der Waals surface area contributed by atoms with Gasteiger partial charge in [-0.2, -0.15) is 18.3 Å². The number of halogens is 5. The Labute approximate surface area is 121 Å². The van der Waals surface area contributed by atoms with Crippen molar-refractivity contribution in [2.75, 3.05) is 5.32 Å². The van der Waals surface area contributed by atoms with Crippen molar-refractivity contribution in [1.29, 1.82) is 0 Å². The van der Waals surface area contributed by atoms with E-state index in [0.29, 0.717) is 0 Å². The summed E-state index contributed by atoms with van der Waals surface area (Å²) in [5, 5.41) is 5.25. The summed E-state index contributed by atoms with van der Waals surface area (Å²) in [7, 11) is 0. The van der Waals surface area contributed by atoms with Gasteiger partial charge in [0.2, 0.25) is 5.91 Å². The summed E-state index contributed by atoms with van der Waals surface area (Å²) in [6.07, 6.45) is -3.57. The number of carbonyl (C=O) groups is 1. The Morgan fingerprint density at radius 1 is 1.33 bits per heavy atom. The number of nitrogens with zero attached hydrogens (tertiary/aromatic N) is 2. The van der Waals surface area contributed by atoms with E-state index in [-0.39, 0.29) is 10.7 Å². The maximum atomic E-state index is 13.5. The smallest absolute Gasteiger partial charge is 0.322 e. The van der Waals surface area contributed by atoms with Crippen molar-refractivity contribution in [3.63, 3.8) is 0 Å². The third-order valence-corrected chi connectivity index (χ3v) is 2.75. The topological polar surface area (TPSA) is 46.9 Å². The van der Waals surface area contributed by atoms with Crippen LogP contribution in [0.25, 0.3) is 0 Å². The highest BCUT2D eigenvalue weighted by atomic mass is 35.5. The Balaban J connectivity index is 2.05. The fourth-order valence-corrected chi connectivity index (χ4v) is 1.71. The van der Waals surface area contributed by atoms with Crippen molar-refractivity contribution >= 4 is 23.2 Å². The molecule has 1 heterocycles. The minimum Gasteiger partial charge on any atom is -0.322 e. The normalized spacial score (nSPS) is 11.5. The highest BCUT2D eigenvalue weighted by molar-refractivity contribution is 6.31. The van der Waals surface area contributed by atoms with Crippen molar-refractivity contribution in [1.82, 2.24) is 9.78 Å². The molecule has 1 aromatic heterocycles. The molecule has 1 aromatic carbocycles. The molecule has 21 heavy (non-hydrogen) atoms. The van der Waals surface area contributed by atoms with Crippen LogP contribution in [0.1, 0.15) is 5.69 Å². The molecule has 112 valence electrons. The number of nitrogens with one attached hydrogen (secondary N) is 1. The summed E-state index contributed by atoms with van der Waals surface area (Å²) < 4.78 is 51.4. The van der Waals surface area contributed by atoms with Gasteiger partial charge in [-0.3, -0.25) is 9.48 Å².